The Labute approximate surface area is 136 Å². The molecule has 0 fully saturated rings. The molecule has 4 heteroatoms. The molecule has 0 saturated carbocycles. The fraction of sp³-hybridized carbons (Fsp3) is 0.294. The summed E-state index contributed by atoms with van der Waals surface area (Å²) in [6.07, 6.45) is 0.804. The molecule has 1 atom stereocenters. The van der Waals surface area contributed by atoms with Crippen LogP contribution in [0.3, 0.4) is 0 Å². The summed E-state index contributed by atoms with van der Waals surface area (Å²) < 4.78 is 5.31. The second-order valence-electron chi connectivity index (χ2n) is 5.01. The highest BCUT2D eigenvalue weighted by Crippen LogP contribution is 2.28. The van der Waals surface area contributed by atoms with Crippen LogP contribution in [-0.4, -0.2) is 14.2 Å². The Bertz CT molecular complexity index is 628. The van der Waals surface area contributed by atoms with E-state index in [0.29, 0.717) is 10.0 Å². The van der Waals surface area contributed by atoms with Crippen molar-refractivity contribution < 1.29 is 4.74 Å². The summed E-state index contributed by atoms with van der Waals surface area (Å²) >= 11 is 12.2. The lowest BCUT2D eigenvalue weighted by Gasteiger charge is -2.19. The summed E-state index contributed by atoms with van der Waals surface area (Å²) in [5, 5.41) is 4.70. The molecule has 2 aromatic rings. The first-order chi connectivity index (χ1) is 10.0. The largest absolute Gasteiger partial charge is 0.496 e. The van der Waals surface area contributed by atoms with Gasteiger partial charge in [0.05, 0.1) is 7.11 Å². The lowest BCUT2D eigenvalue weighted by atomic mass is 9.97. The van der Waals surface area contributed by atoms with E-state index >= 15 is 0 Å². The first-order valence-corrected chi connectivity index (χ1v) is 7.56. The first-order valence-electron chi connectivity index (χ1n) is 6.81. The standard InChI is InChI=1S/C17H19Cl2NO/c1-11-8-13(5-7-17(11)21-3)16(20-2)9-12-4-6-14(18)10-15(12)19/h4-8,10,16,20H,9H2,1-3H3. The summed E-state index contributed by atoms with van der Waals surface area (Å²) in [7, 11) is 3.64. The smallest absolute Gasteiger partial charge is 0.121 e. The van der Waals surface area contributed by atoms with Crippen LogP contribution in [0.2, 0.25) is 10.0 Å². The van der Waals surface area contributed by atoms with Gasteiger partial charge in [-0.15, -0.1) is 0 Å². The second-order valence-corrected chi connectivity index (χ2v) is 5.85. The summed E-state index contributed by atoms with van der Waals surface area (Å²) in [6, 6.07) is 12.0. The van der Waals surface area contributed by atoms with Gasteiger partial charge in [0, 0.05) is 16.1 Å². The lowest BCUT2D eigenvalue weighted by molar-refractivity contribution is 0.411. The number of methoxy groups -OCH3 is 1. The molecule has 2 rings (SSSR count). The van der Waals surface area contributed by atoms with Gasteiger partial charge in [-0.05, 0) is 55.3 Å². The van der Waals surface area contributed by atoms with Crippen molar-refractivity contribution in [1.82, 2.24) is 5.32 Å². The van der Waals surface area contributed by atoms with Gasteiger partial charge in [0.25, 0.3) is 0 Å². The molecule has 0 aliphatic carbocycles. The average Bonchev–Trinajstić information content (AvgIpc) is 2.46. The molecule has 0 heterocycles. The number of nitrogens with one attached hydrogen (secondary N) is 1. The van der Waals surface area contributed by atoms with E-state index in [-0.39, 0.29) is 6.04 Å². The minimum absolute atomic E-state index is 0.188. The van der Waals surface area contributed by atoms with Crippen LogP contribution in [0.4, 0.5) is 0 Å². The molecule has 2 nitrogen and oxygen atoms in total. The Morgan fingerprint density at radius 3 is 2.48 bits per heavy atom. The molecule has 0 radical (unpaired) electrons. The highest BCUT2D eigenvalue weighted by molar-refractivity contribution is 6.35. The fourth-order valence-corrected chi connectivity index (χ4v) is 2.90. The van der Waals surface area contributed by atoms with Crippen LogP contribution in [-0.2, 0) is 6.42 Å². The topological polar surface area (TPSA) is 21.3 Å². The maximum Gasteiger partial charge on any atom is 0.121 e. The zero-order valence-electron chi connectivity index (χ0n) is 12.4. The molecule has 0 aliphatic heterocycles. The van der Waals surface area contributed by atoms with Crippen LogP contribution in [0.15, 0.2) is 36.4 Å². The highest BCUT2D eigenvalue weighted by Gasteiger charge is 2.13. The zero-order valence-corrected chi connectivity index (χ0v) is 13.9. The van der Waals surface area contributed by atoms with Gasteiger partial charge in [-0.2, -0.15) is 0 Å². The number of halogens is 2. The molecule has 0 spiro atoms. The third kappa shape index (κ3) is 3.91. The predicted molar refractivity (Wildman–Crippen MR) is 89.7 cm³/mol. The van der Waals surface area contributed by atoms with Gasteiger partial charge >= 0.3 is 0 Å². The Hall–Kier alpha value is -1.22. The Morgan fingerprint density at radius 1 is 1.14 bits per heavy atom. The quantitative estimate of drug-likeness (QED) is 0.852. The van der Waals surface area contributed by atoms with E-state index in [9.17, 15) is 0 Å². The molecule has 0 aromatic heterocycles. The Kier molecular flexibility index (Phi) is 5.51. The first kappa shape index (κ1) is 16.2. The summed E-state index contributed by atoms with van der Waals surface area (Å²) in [6.45, 7) is 2.05. The predicted octanol–water partition coefficient (Wildman–Crippen LogP) is 4.81. The van der Waals surface area contributed by atoms with Gasteiger partial charge < -0.3 is 10.1 Å². The van der Waals surface area contributed by atoms with Crippen molar-refractivity contribution >= 4 is 23.2 Å². The molecule has 21 heavy (non-hydrogen) atoms. The number of rotatable bonds is 5. The molecule has 0 aliphatic rings. The molecule has 1 unspecified atom stereocenters. The number of benzene rings is 2. The van der Waals surface area contributed by atoms with Gasteiger partial charge in [0.15, 0.2) is 0 Å². The normalized spacial score (nSPS) is 12.2. The van der Waals surface area contributed by atoms with Crippen LogP contribution in [0.25, 0.3) is 0 Å². The molecule has 0 amide bonds. The van der Waals surface area contributed by atoms with Gasteiger partial charge in [-0.25, -0.2) is 0 Å². The minimum atomic E-state index is 0.188. The summed E-state index contributed by atoms with van der Waals surface area (Å²) in [5.74, 6) is 0.901. The van der Waals surface area contributed by atoms with Crippen LogP contribution < -0.4 is 10.1 Å². The summed E-state index contributed by atoms with van der Waals surface area (Å²) in [4.78, 5) is 0. The van der Waals surface area contributed by atoms with Crippen LogP contribution in [0.5, 0.6) is 5.75 Å². The SMILES string of the molecule is CNC(Cc1ccc(Cl)cc1Cl)c1ccc(OC)c(C)c1. The monoisotopic (exact) mass is 323 g/mol. The maximum atomic E-state index is 6.26. The molecule has 0 saturated heterocycles. The number of hydrogen-bond donors (Lipinski definition) is 1. The van der Waals surface area contributed by atoms with Crippen molar-refractivity contribution in [3.8, 4) is 5.75 Å². The van der Waals surface area contributed by atoms with E-state index < -0.39 is 0 Å². The third-order valence-corrected chi connectivity index (χ3v) is 4.20. The second kappa shape index (κ2) is 7.17. The van der Waals surface area contributed by atoms with E-state index in [2.05, 4.69) is 17.4 Å². The molecule has 112 valence electrons. The molecule has 2 aromatic carbocycles. The van der Waals surface area contributed by atoms with Gasteiger partial charge in [-0.1, -0.05) is 41.4 Å². The third-order valence-electron chi connectivity index (χ3n) is 3.61. The van der Waals surface area contributed by atoms with Crippen molar-refractivity contribution in [1.29, 1.82) is 0 Å². The minimum Gasteiger partial charge on any atom is -0.496 e. The lowest BCUT2D eigenvalue weighted by Crippen LogP contribution is -2.19. The average molecular weight is 324 g/mol. The van der Waals surface area contributed by atoms with E-state index in [4.69, 9.17) is 27.9 Å². The summed E-state index contributed by atoms with van der Waals surface area (Å²) in [5.41, 5.74) is 3.41. The van der Waals surface area contributed by atoms with E-state index in [1.165, 1.54) is 5.56 Å². The van der Waals surface area contributed by atoms with Gasteiger partial charge in [0.1, 0.15) is 5.75 Å². The molecule has 1 N–H and O–H groups in total. The van der Waals surface area contributed by atoms with Crippen molar-refractivity contribution in [3.05, 3.63) is 63.1 Å². The Morgan fingerprint density at radius 2 is 1.90 bits per heavy atom. The van der Waals surface area contributed by atoms with Crippen LogP contribution in [0.1, 0.15) is 22.7 Å². The molecular formula is C17H19Cl2NO. The van der Waals surface area contributed by atoms with Crippen molar-refractivity contribution in [3.63, 3.8) is 0 Å². The Balaban J connectivity index is 2.25. The van der Waals surface area contributed by atoms with Crippen molar-refractivity contribution in [2.75, 3.05) is 14.2 Å². The van der Waals surface area contributed by atoms with E-state index in [1.807, 2.05) is 32.2 Å². The highest BCUT2D eigenvalue weighted by atomic mass is 35.5. The number of likely N-dealkylation sites (N-methyl/N-ethyl adjacent to an activating group) is 1. The number of hydrogen-bond acceptors (Lipinski definition) is 2. The molecular weight excluding hydrogens is 305 g/mol. The maximum absolute atomic E-state index is 6.26. The van der Waals surface area contributed by atoms with Crippen LogP contribution >= 0.6 is 23.2 Å². The van der Waals surface area contributed by atoms with Crippen LogP contribution in [0, 0.1) is 6.92 Å². The molecule has 0 bridgehead atoms. The van der Waals surface area contributed by atoms with Crippen molar-refractivity contribution in [2.24, 2.45) is 0 Å². The number of aryl methyl sites for hydroxylation is 1. The van der Waals surface area contributed by atoms with E-state index in [0.717, 1.165) is 23.3 Å². The van der Waals surface area contributed by atoms with E-state index in [1.54, 1.807) is 13.2 Å². The number of ether oxygens (including phenoxy) is 1. The fourth-order valence-electron chi connectivity index (χ4n) is 2.41. The van der Waals surface area contributed by atoms with Crippen molar-refractivity contribution in [2.45, 2.75) is 19.4 Å². The zero-order chi connectivity index (χ0) is 15.4. The van der Waals surface area contributed by atoms with Gasteiger partial charge in [-0.3, -0.25) is 0 Å². The van der Waals surface area contributed by atoms with Gasteiger partial charge in [0.2, 0.25) is 0 Å².